The Morgan fingerprint density at radius 3 is 2.72 bits per heavy atom. The van der Waals surface area contributed by atoms with Gasteiger partial charge in [0.15, 0.2) is 0 Å². The number of aryl methyl sites for hydroxylation is 2. The summed E-state index contributed by atoms with van der Waals surface area (Å²) in [6.45, 7) is 5.88. The van der Waals surface area contributed by atoms with Crippen LogP contribution in [0, 0.1) is 13.8 Å². The summed E-state index contributed by atoms with van der Waals surface area (Å²) in [5.41, 5.74) is -0.178. The molecule has 0 spiro atoms. The monoisotopic (exact) mass is 246 g/mol. The summed E-state index contributed by atoms with van der Waals surface area (Å²) in [6, 6.07) is 7.49. The average molecular weight is 246 g/mol. The molecule has 0 fully saturated rings. The van der Waals surface area contributed by atoms with E-state index in [2.05, 4.69) is 10.3 Å². The molecule has 18 heavy (non-hydrogen) atoms. The number of aromatic nitrogens is 1. The summed E-state index contributed by atoms with van der Waals surface area (Å²) >= 11 is 0. The average Bonchev–Trinajstić information content (AvgIpc) is 2.68. The lowest BCUT2D eigenvalue weighted by Gasteiger charge is -2.23. The van der Waals surface area contributed by atoms with Crippen LogP contribution in [0.25, 0.3) is 0 Å². The van der Waals surface area contributed by atoms with Crippen molar-refractivity contribution in [3.63, 3.8) is 0 Å². The molecule has 0 aliphatic rings. The van der Waals surface area contributed by atoms with Crippen molar-refractivity contribution in [1.82, 2.24) is 4.98 Å². The minimum atomic E-state index is -0.987. The molecule has 0 unspecified atom stereocenters. The molecule has 4 heteroatoms. The van der Waals surface area contributed by atoms with Gasteiger partial charge in [-0.3, -0.25) is 0 Å². The topological polar surface area (TPSA) is 58.3 Å². The van der Waals surface area contributed by atoms with Gasteiger partial charge in [0, 0.05) is 18.3 Å². The molecule has 0 saturated heterocycles. The Balaban J connectivity index is 2.10. The summed E-state index contributed by atoms with van der Waals surface area (Å²) in [4.78, 5) is 4.16. The molecule has 1 atom stereocenters. The first-order valence-corrected chi connectivity index (χ1v) is 5.94. The van der Waals surface area contributed by atoms with Gasteiger partial charge in [-0.1, -0.05) is 6.07 Å². The molecule has 0 aliphatic carbocycles. The zero-order valence-electron chi connectivity index (χ0n) is 10.9. The number of pyridine rings is 1. The zero-order valence-corrected chi connectivity index (χ0v) is 10.9. The van der Waals surface area contributed by atoms with E-state index >= 15 is 0 Å². The van der Waals surface area contributed by atoms with Crippen molar-refractivity contribution in [2.75, 3.05) is 11.9 Å². The Morgan fingerprint density at radius 2 is 2.17 bits per heavy atom. The van der Waals surface area contributed by atoms with Crippen LogP contribution in [-0.4, -0.2) is 16.6 Å². The molecule has 0 saturated carbocycles. The van der Waals surface area contributed by atoms with Gasteiger partial charge in [-0.05, 0) is 39.0 Å². The van der Waals surface area contributed by atoms with Crippen molar-refractivity contribution in [2.24, 2.45) is 0 Å². The molecule has 2 aromatic heterocycles. The molecule has 0 radical (unpaired) electrons. The number of furan rings is 1. The van der Waals surface area contributed by atoms with Gasteiger partial charge in [0.2, 0.25) is 0 Å². The van der Waals surface area contributed by atoms with Crippen molar-refractivity contribution in [1.29, 1.82) is 0 Å². The zero-order chi connectivity index (χ0) is 13.2. The predicted octanol–water partition coefficient (Wildman–Crippen LogP) is 2.61. The van der Waals surface area contributed by atoms with Crippen LogP contribution >= 0.6 is 0 Å². The molecule has 4 nitrogen and oxygen atoms in total. The van der Waals surface area contributed by atoms with Crippen molar-refractivity contribution in [3.05, 3.63) is 47.5 Å². The van der Waals surface area contributed by atoms with Crippen LogP contribution in [0.5, 0.6) is 0 Å². The molecule has 0 aromatic carbocycles. The lowest BCUT2D eigenvalue weighted by Crippen LogP contribution is -2.31. The van der Waals surface area contributed by atoms with Gasteiger partial charge in [0.05, 0.1) is 0 Å². The maximum atomic E-state index is 10.5. The first-order valence-electron chi connectivity index (χ1n) is 5.94. The van der Waals surface area contributed by atoms with Gasteiger partial charge in [-0.25, -0.2) is 4.98 Å². The fourth-order valence-corrected chi connectivity index (χ4v) is 1.99. The Kier molecular flexibility index (Phi) is 3.39. The van der Waals surface area contributed by atoms with Crippen molar-refractivity contribution in [2.45, 2.75) is 26.4 Å². The van der Waals surface area contributed by atoms with Crippen molar-refractivity contribution < 1.29 is 9.52 Å². The number of aliphatic hydroxyl groups is 1. The van der Waals surface area contributed by atoms with E-state index in [1.54, 1.807) is 13.1 Å². The highest BCUT2D eigenvalue weighted by atomic mass is 16.3. The SMILES string of the molecule is Cc1cc([C@@](C)(O)CNc2ccccn2)c(C)o1. The molecule has 0 bridgehead atoms. The van der Waals surface area contributed by atoms with Crippen LogP contribution < -0.4 is 5.32 Å². The van der Waals surface area contributed by atoms with E-state index < -0.39 is 5.60 Å². The molecule has 0 amide bonds. The van der Waals surface area contributed by atoms with E-state index in [1.807, 2.05) is 38.1 Å². The Labute approximate surface area is 107 Å². The second-order valence-corrected chi connectivity index (χ2v) is 4.67. The third kappa shape index (κ3) is 2.71. The summed E-state index contributed by atoms with van der Waals surface area (Å²) in [5.74, 6) is 2.30. The molecular formula is C14H18N2O2. The van der Waals surface area contributed by atoms with Crippen LogP contribution in [0.3, 0.4) is 0 Å². The van der Waals surface area contributed by atoms with Crippen LogP contribution in [0.15, 0.2) is 34.9 Å². The number of hydrogen-bond acceptors (Lipinski definition) is 4. The van der Waals surface area contributed by atoms with Crippen LogP contribution in [0.2, 0.25) is 0 Å². The number of anilines is 1. The van der Waals surface area contributed by atoms with E-state index in [4.69, 9.17) is 4.42 Å². The van der Waals surface area contributed by atoms with Gasteiger partial charge in [0.25, 0.3) is 0 Å². The molecule has 2 rings (SSSR count). The van der Waals surface area contributed by atoms with Gasteiger partial charge in [-0.2, -0.15) is 0 Å². The van der Waals surface area contributed by atoms with E-state index in [0.29, 0.717) is 6.54 Å². The molecule has 2 heterocycles. The standard InChI is InChI=1S/C14H18N2O2/c1-10-8-12(11(2)18-10)14(3,17)9-16-13-6-4-5-7-15-13/h4-8,17H,9H2,1-3H3,(H,15,16)/t14-/m0/s1. The second kappa shape index (κ2) is 4.82. The Hall–Kier alpha value is -1.81. The summed E-state index contributed by atoms with van der Waals surface area (Å²) < 4.78 is 5.45. The minimum Gasteiger partial charge on any atom is -0.466 e. The highest BCUT2D eigenvalue weighted by Gasteiger charge is 2.27. The summed E-state index contributed by atoms with van der Waals surface area (Å²) in [6.07, 6.45) is 1.71. The lowest BCUT2D eigenvalue weighted by atomic mass is 9.96. The Morgan fingerprint density at radius 1 is 1.39 bits per heavy atom. The van der Waals surface area contributed by atoms with E-state index in [9.17, 15) is 5.11 Å². The van der Waals surface area contributed by atoms with Gasteiger partial charge in [-0.15, -0.1) is 0 Å². The van der Waals surface area contributed by atoms with Crippen LogP contribution in [0.1, 0.15) is 24.0 Å². The van der Waals surface area contributed by atoms with Gasteiger partial charge in [0.1, 0.15) is 22.9 Å². The van der Waals surface area contributed by atoms with Crippen LogP contribution in [0.4, 0.5) is 5.82 Å². The number of hydrogen-bond donors (Lipinski definition) is 2. The van der Waals surface area contributed by atoms with E-state index in [0.717, 1.165) is 22.9 Å². The maximum Gasteiger partial charge on any atom is 0.125 e. The van der Waals surface area contributed by atoms with Gasteiger partial charge >= 0.3 is 0 Å². The fourth-order valence-electron chi connectivity index (χ4n) is 1.99. The largest absolute Gasteiger partial charge is 0.466 e. The molecule has 96 valence electrons. The predicted molar refractivity (Wildman–Crippen MR) is 70.5 cm³/mol. The smallest absolute Gasteiger partial charge is 0.125 e. The number of rotatable bonds is 4. The Bertz CT molecular complexity index is 518. The quantitative estimate of drug-likeness (QED) is 0.870. The fraction of sp³-hybridized carbons (Fsp3) is 0.357. The van der Waals surface area contributed by atoms with E-state index in [-0.39, 0.29) is 0 Å². The second-order valence-electron chi connectivity index (χ2n) is 4.67. The van der Waals surface area contributed by atoms with Crippen LogP contribution in [-0.2, 0) is 5.60 Å². The maximum absolute atomic E-state index is 10.5. The van der Waals surface area contributed by atoms with Crippen molar-refractivity contribution >= 4 is 5.82 Å². The van der Waals surface area contributed by atoms with E-state index in [1.165, 1.54) is 0 Å². The first-order chi connectivity index (χ1) is 8.49. The van der Waals surface area contributed by atoms with Crippen molar-refractivity contribution in [3.8, 4) is 0 Å². The third-order valence-electron chi connectivity index (χ3n) is 2.90. The number of nitrogens with one attached hydrogen (secondary N) is 1. The highest BCUT2D eigenvalue weighted by Crippen LogP contribution is 2.27. The number of nitrogens with zero attached hydrogens (tertiary/aromatic N) is 1. The highest BCUT2D eigenvalue weighted by molar-refractivity contribution is 5.36. The molecule has 0 aliphatic heterocycles. The lowest BCUT2D eigenvalue weighted by molar-refractivity contribution is 0.0698. The molecule has 2 aromatic rings. The minimum absolute atomic E-state index is 0.379. The molecule has 2 N–H and O–H groups in total. The normalized spacial score (nSPS) is 14.2. The summed E-state index contributed by atoms with van der Waals surface area (Å²) in [5, 5.41) is 13.6. The summed E-state index contributed by atoms with van der Waals surface area (Å²) in [7, 11) is 0. The first kappa shape index (κ1) is 12.6. The third-order valence-corrected chi connectivity index (χ3v) is 2.90. The molecular weight excluding hydrogens is 228 g/mol. The van der Waals surface area contributed by atoms with Gasteiger partial charge < -0.3 is 14.8 Å².